The highest BCUT2D eigenvalue weighted by atomic mass is 32.2. The van der Waals surface area contributed by atoms with Crippen LogP contribution in [0.4, 0.5) is 4.39 Å². The number of hydrogen-bond acceptors (Lipinski definition) is 3. The van der Waals surface area contributed by atoms with Crippen LogP contribution in [0, 0.1) is 12.7 Å². The van der Waals surface area contributed by atoms with Crippen molar-refractivity contribution in [3.05, 3.63) is 65.0 Å². The molecule has 1 fully saturated rings. The number of halogens is 1. The zero-order valence-electron chi connectivity index (χ0n) is 15.9. The average molecular weight is 405 g/mol. The maximum absolute atomic E-state index is 13.1. The van der Waals surface area contributed by atoms with E-state index in [2.05, 4.69) is 5.32 Å². The van der Waals surface area contributed by atoms with Crippen LogP contribution in [0.1, 0.15) is 47.2 Å². The van der Waals surface area contributed by atoms with Crippen LogP contribution < -0.4 is 5.32 Å². The van der Waals surface area contributed by atoms with Crippen LogP contribution in [0.3, 0.4) is 0 Å². The van der Waals surface area contributed by atoms with Gasteiger partial charge in [-0.15, -0.1) is 0 Å². The lowest BCUT2D eigenvalue weighted by atomic mass is 10.1. The molecule has 2 aromatic rings. The van der Waals surface area contributed by atoms with Gasteiger partial charge < -0.3 is 5.32 Å². The molecule has 0 unspecified atom stereocenters. The maximum atomic E-state index is 13.1. The van der Waals surface area contributed by atoms with Gasteiger partial charge in [-0.2, -0.15) is 4.31 Å². The molecule has 150 valence electrons. The van der Waals surface area contributed by atoms with E-state index < -0.39 is 10.0 Å². The first-order valence-electron chi connectivity index (χ1n) is 9.51. The van der Waals surface area contributed by atoms with E-state index in [0.29, 0.717) is 24.2 Å². The van der Waals surface area contributed by atoms with Crippen LogP contribution in [-0.2, 0) is 16.6 Å². The topological polar surface area (TPSA) is 66.5 Å². The third kappa shape index (κ3) is 4.77. The van der Waals surface area contributed by atoms with Gasteiger partial charge in [0.25, 0.3) is 5.91 Å². The molecule has 7 heteroatoms. The quantitative estimate of drug-likeness (QED) is 0.828. The molecule has 0 spiro atoms. The second kappa shape index (κ2) is 8.84. The minimum absolute atomic E-state index is 0.184. The molecule has 1 aliphatic rings. The Hall–Kier alpha value is -2.25. The highest BCUT2D eigenvalue weighted by Crippen LogP contribution is 2.24. The first-order valence-corrected chi connectivity index (χ1v) is 11.0. The molecular formula is C21H25FN2O3S. The lowest BCUT2D eigenvalue weighted by Gasteiger charge is -2.21. The zero-order chi connectivity index (χ0) is 20.1. The summed E-state index contributed by atoms with van der Waals surface area (Å²) in [6.07, 6.45) is 3.79. The summed E-state index contributed by atoms with van der Waals surface area (Å²) in [6, 6.07) is 10.6. The normalized spacial score (nSPS) is 15.8. The van der Waals surface area contributed by atoms with Crippen molar-refractivity contribution in [2.75, 3.05) is 13.1 Å². The van der Waals surface area contributed by atoms with Gasteiger partial charge >= 0.3 is 0 Å². The molecule has 2 aromatic carbocycles. The molecule has 5 nitrogen and oxygen atoms in total. The average Bonchev–Trinajstić information content (AvgIpc) is 2.97. The number of sulfonamides is 1. The van der Waals surface area contributed by atoms with Crippen molar-refractivity contribution in [1.29, 1.82) is 0 Å². The van der Waals surface area contributed by atoms with Gasteiger partial charge in [0.05, 0.1) is 4.90 Å². The molecule has 0 atom stereocenters. The van der Waals surface area contributed by atoms with Crippen molar-refractivity contribution in [3.8, 4) is 0 Å². The Balaban J connectivity index is 1.78. The fourth-order valence-electron chi connectivity index (χ4n) is 3.33. The van der Waals surface area contributed by atoms with E-state index in [1.165, 1.54) is 22.5 Å². The Morgan fingerprint density at radius 2 is 1.68 bits per heavy atom. The molecule has 1 N–H and O–H groups in total. The predicted octanol–water partition coefficient (Wildman–Crippen LogP) is 3.63. The summed E-state index contributed by atoms with van der Waals surface area (Å²) in [5.41, 5.74) is 1.68. The third-order valence-electron chi connectivity index (χ3n) is 5.00. The molecule has 0 bridgehead atoms. The maximum Gasteiger partial charge on any atom is 0.251 e. The molecule has 1 amide bonds. The predicted molar refractivity (Wildman–Crippen MR) is 106 cm³/mol. The van der Waals surface area contributed by atoms with Crippen molar-refractivity contribution < 1.29 is 17.6 Å². The fourth-order valence-corrected chi connectivity index (χ4v) is 5.09. The summed E-state index contributed by atoms with van der Waals surface area (Å²) < 4.78 is 40.7. The Bertz CT molecular complexity index is 935. The second-order valence-corrected chi connectivity index (χ2v) is 9.01. The Kier molecular flexibility index (Phi) is 6.46. The van der Waals surface area contributed by atoms with Crippen LogP contribution in [0.25, 0.3) is 0 Å². The second-order valence-electron chi connectivity index (χ2n) is 7.11. The standard InChI is InChI=1S/C21H25FN2O3S/c1-16-6-9-18(21(25)23-15-17-7-10-19(22)11-8-17)14-20(16)28(26,27)24-12-4-2-3-5-13-24/h6-11,14H,2-5,12-13,15H2,1H3,(H,23,25). The summed E-state index contributed by atoms with van der Waals surface area (Å²) in [4.78, 5) is 12.7. The Morgan fingerprint density at radius 3 is 2.32 bits per heavy atom. The number of aryl methyl sites for hydroxylation is 1. The molecule has 0 saturated carbocycles. The Morgan fingerprint density at radius 1 is 1.04 bits per heavy atom. The molecule has 1 aliphatic heterocycles. The van der Waals surface area contributed by atoms with Crippen LogP contribution in [0.2, 0.25) is 0 Å². The zero-order valence-corrected chi connectivity index (χ0v) is 16.8. The summed E-state index contributed by atoms with van der Waals surface area (Å²) >= 11 is 0. The lowest BCUT2D eigenvalue weighted by molar-refractivity contribution is 0.0950. The van der Waals surface area contributed by atoms with E-state index in [1.807, 2.05) is 0 Å². The van der Waals surface area contributed by atoms with Gasteiger partial charge in [-0.25, -0.2) is 12.8 Å². The molecule has 0 aromatic heterocycles. The van der Waals surface area contributed by atoms with Crippen LogP contribution in [0.5, 0.6) is 0 Å². The van der Waals surface area contributed by atoms with Crippen LogP contribution >= 0.6 is 0 Å². The van der Waals surface area contributed by atoms with Gasteiger partial charge in [0, 0.05) is 25.2 Å². The van der Waals surface area contributed by atoms with Gasteiger partial charge in [-0.3, -0.25) is 4.79 Å². The van der Waals surface area contributed by atoms with Crippen LogP contribution in [-0.4, -0.2) is 31.7 Å². The van der Waals surface area contributed by atoms with Gasteiger partial charge in [-0.1, -0.05) is 31.0 Å². The first kappa shape index (κ1) is 20.5. The van der Waals surface area contributed by atoms with Crippen molar-refractivity contribution in [1.82, 2.24) is 9.62 Å². The van der Waals surface area contributed by atoms with E-state index >= 15 is 0 Å². The van der Waals surface area contributed by atoms with Crippen molar-refractivity contribution >= 4 is 15.9 Å². The number of benzene rings is 2. The van der Waals surface area contributed by atoms with Gasteiger partial charge in [0.1, 0.15) is 5.82 Å². The highest BCUT2D eigenvalue weighted by molar-refractivity contribution is 7.89. The summed E-state index contributed by atoms with van der Waals surface area (Å²) in [6.45, 7) is 3.01. The van der Waals surface area contributed by atoms with Crippen molar-refractivity contribution in [3.63, 3.8) is 0 Å². The molecule has 1 heterocycles. The highest BCUT2D eigenvalue weighted by Gasteiger charge is 2.27. The van der Waals surface area contributed by atoms with E-state index in [4.69, 9.17) is 0 Å². The third-order valence-corrected chi connectivity index (χ3v) is 7.04. The number of hydrogen-bond donors (Lipinski definition) is 1. The number of nitrogens with one attached hydrogen (secondary N) is 1. The van der Waals surface area contributed by atoms with Crippen molar-refractivity contribution in [2.45, 2.75) is 44.0 Å². The molecule has 1 saturated heterocycles. The minimum Gasteiger partial charge on any atom is -0.348 e. The first-order chi connectivity index (χ1) is 13.4. The van der Waals surface area contributed by atoms with Gasteiger partial charge in [-0.05, 0) is 55.2 Å². The van der Waals surface area contributed by atoms with E-state index in [0.717, 1.165) is 31.2 Å². The molecule has 0 aliphatic carbocycles. The number of carbonyl (C=O) groups is 1. The van der Waals surface area contributed by atoms with Crippen molar-refractivity contribution in [2.24, 2.45) is 0 Å². The van der Waals surface area contributed by atoms with E-state index in [-0.39, 0.29) is 23.2 Å². The number of carbonyl (C=O) groups excluding carboxylic acids is 1. The summed E-state index contributed by atoms with van der Waals surface area (Å²) in [7, 11) is -3.63. The monoisotopic (exact) mass is 404 g/mol. The Labute approximate surface area is 165 Å². The van der Waals surface area contributed by atoms with E-state index in [1.54, 1.807) is 31.2 Å². The number of nitrogens with zero attached hydrogens (tertiary/aromatic N) is 1. The largest absolute Gasteiger partial charge is 0.348 e. The summed E-state index contributed by atoms with van der Waals surface area (Å²) in [5, 5.41) is 2.75. The molecule has 0 radical (unpaired) electrons. The summed E-state index contributed by atoms with van der Waals surface area (Å²) in [5.74, 6) is -0.700. The number of amides is 1. The molecule has 28 heavy (non-hydrogen) atoms. The van der Waals surface area contributed by atoms with Gasteiger partial charge in [0.15, 0.2) is 0 Å². The van der Waals surface area contributed by atoms with Crippen LogP contribution in [0.15, 0.2) is 47.4 Å². The van der Waals surface area contributed by atoms with E-state index in [9.17, 15) is 17.6 Å². The number of rotatable bonds is 5. The smallest absolute Gasteiger partial charge is 0.251 e. The molecule has 3 rings (SSSR count). The SMILES string of the molecule is Cc1ccc(C(=O)NCc2ccc(F)cc2)cc1S(=O)(=O)N1CCCCCC1. The lowest BCUT2D eigenvalue weighted by Crippen LogP contribution is -2.32. The minimum atomic E-state index is -3.63. The fraction of sp³-hybridized carbons (Fsp3) is 0.381. The molecular weight excluding hydrogens is 379 g/mol. The van der Waals surface area contributed by atoms with Gasteiger partial charge in [0.2, 0.25) is 10.0 Å².